The molecule has 0 bridgehead atoms. The molecule has 2 rings (SSSR count). The first-order valence-corrected chi connectivity index (χ1v) is 7.45. The summed E-state index contributed by atoms with van der Waals surface area (Å²) in [5.41, 5.74) is 6.25. The van der Waals surface area contributed by atoms with Crippen molar-refractivity contribution in [2.24, 2.45) is 5.73 Å². The van der Waals surface area contributed by atoms with Gasteiger partial charge in [0.2, 0.25) is 0 Å². The van der Waals surface area contributed by atoms with Crippen molar-refractivity contribution in [3.05, 3.63) is 23.8 Å². The molecule has 4 nitrogen and oxygen atoms in total. The van der Waals surface area contributed by atoms with Crippen molar-refractivity contribution in [1.29, 1.82) is 0 Å². The molecular weight excluding hydrogens is 266 g/mol. The molecule has 0 amide bonds. The third-order valence-electron chi connectivity index (χ3n) is 3.46. The maximum absolute atomic E-state index is 5.84. The second-order valence-corrected chi connectivity index (χ2v) is 4.99. The molecule has 0 aliphatic carbocycles. The molecule has 1 aromatic carbocycles. The Bertz CT molecular complexity index is 498. The predicted octanol–water partition coefficient (Wildman–Crippen LogP) is 2.34. The minimum atomic E-state index is 0.329. The van der Waals surface area contributed by atoms with Crippen LogP contribution in [-0.4, -0.2) is 33.0 Å². The molecule has 1 unspecified atom stereocenters. The van der Waals surface area contributed by atoms with Gasteiger partial charge in [0.1, 0.15) is 11.5 Å². The van der Waals surface area contributed by atoms with Crippen LogP contribution in [0.3, 0.4) is 0 Å². The van der Waals surface area contributed by atoms with Gasteiger partial charge in [0.25, 0.3) is 0 Å². The minimum absolute atomic E-state index is 0.329. The second kappa shape index (κ2) is 8.56. The highest BCUT2D eigenvalue weighted by molar-refractivity contribution is 5.50. The van der Waals surface area contributed by atoms with E-state index in [4.69, 9.17) is 19.9 Å². The molecule has 1 fully saturated rings. The van der Waals surface area contributed by atoms with Gasteiger partial charge in [-0.15, -0.1) is 0 Å². The second-order valence-electron chi connectivity index (χ2n) is 4.99. The van der Waals surface area contributed by atoms with Crippen LogP contribution in [0.25, 0.3) is 0 Å². The third kappa shape index (κ3) is 4.96. The standard InChI is InChI=1S/C17H23NO3/c1-19-16-8-9-17(14(13-16)5-2-10-18)21-12-4-7-15-6-3-11-20-15/h8-9,13,15H,3-4,6-7,10-12,18H2,1H3. The molecule has 1 aliphatic heterocycles. The molecule has 1 aromatic rings. The van der Waals surface area contributed by atoms with Crippen LogP contribution in [0.1, 0.15) is 31.2 Å². The molecule has 4 heteroatoms. The van der Waals surface area contributed by atoms with Crippen LogP contribution in [-0.2, 0) is 4.74 Å². The van der Waals surface area contributed by atoms with Gasteiger partial charge in [-0.1, -0.05) is 11.8 Å². The average molecular weight is 289 g/mol. The van der Waals surface area contributed by atoms with Gasteiger partial charge in [0.15, 0.2) is 0 Å². The van der Waals surface area contributed by atoms with E-state index in [1.807, 2.05) is 18.2 Å². The van der Waals surface area contributed by atoms with Gasteiger partial charge in [-0.05, 0) is 43.9 Å². The average Bonchev–Trinajstić information content (AvgIpc) is 3.03. The fraction of sp³-hybridized carbons (Fsp3) is 0.529. The van der Waals surface area contributed by atoms with E-state index in [0.29, 0.717) is 19.3 Å². The Hall–Kier alpha value is -1.70. The summed E-state index contributed by atoms with van der Waals surface area (Å²) in [7, 11) is 1.64. The Kier molecular flexibility index (Phi) is 6.39. The zero-order valence-corrected chi connectivity index (χ0v) is 12.6. The van der Waals surface area contributed by atoms with E-state index in [0.717, 1.165) is 36.5 Å². The van der Waals surface area contributed by atoms with Gasteiger partial charge in [0, 0.05) is 6.61 Å². The number of methoxy groups -OCH3 is 1. The number of nitrogens with two attached hydrogens (primary N) is 1. The van der Waals surface area contributed by atoms with Gasteiger partial charge >= 0.3 is 0 Å². The van der Waals surface area contributed by atoms with Gasteiger partial charge in [-0.2, -0.15) is 0 Å². The van der Waals surface area contributed by atoms with E-state index < -0.39 is 0 Å². The smallest absolute Gasteiger partial charge is 0.135 e. The van der Waals surface area contributed by atoms with Crippen LogP contribution in [0.4, 0.5) is 0 Å². The lowest BCUT2D eigenvalue weighted by molar-refractivity contribution is 0.0981. The summed E-state index contributed by atoms with van der Waals surface area (Å²) in [5.74, 6) is 7.43. The fourth-order valence-electron chi connectivity index (χ4n) is 2.37. The van der Waals surface area contributed by atoms with Gasteiger partial charge < -0.3 is 19.9 Å². The summed E-state index contributed by atoms with van der Waals surface area (Å²) in [6, 6.07) is 5.65. The zero-order chi connectivity index (χ0) is 14.9. The summed E-state index contributed by atoms with van der Waals surface area (Å²) >= 11 is 0. The van der Waals surface area contributed by atoms with Crippen molar-refractivity contribution in [2.45, 2.75) is 31.8 Å². The highest BCUT2D eigenvalue weighted by Crippen LogP contribution is 2.24. The Labute approximate surface area is 126 Å². The summed E-state index contributed by atoms with van der Waals surface area (Å²) in [6.45, 7) is 1.90. The molecule has 1 atom stereocenters. The van der Waals surface area contributed by atoms with Gasteiger partial charge in [-0.3, -0.25) is 0 Å². The van der Waals surface area contributed by atoms with E-state index in [-0.39, 0.29) is 0 Å². The molecule has 0 radical (unpaired) electrons. The maximum atomic E-state index is 5.84. The van der Waals surface area contributed by atoms with Crippen molar-refractivity contribution < 1.29 is 14.2 Å². The normalized spacial score (nSPS) is 17.1. The molecule has 114 valence electrons. The van der Waals surface area contributed by atoms with Gasteiger partial charge in [0.05, 0.1) is 31.9 Å². The van der Waals surface area contributed by atoms with Crippen LogP contribution in [0.2, 0.25) is 0 Å². The van der Waals surface area contributed by atoms with Crippen LogP contribution >= 0.6 is 0 Å². The molecule has 1 saturated heterocycles. The number of hydrogen-bond acceptors (Lipinski definition) is 4. The molecule has 2 N–H and O–H groups in total. The first kappa shape index (κ1) is 15.7. The Morgan fingerprint density at radius 3 is 3.05 bits per heavy atom. The van der Waals surface area contributed by atoms with E-state index >= 15 is 0 Å². The fourth-order valence-corrected chi connectivity index (χ4v) is 2.37. The molecule has 0 aromatic heterocycles. The molecule has 0 spiro atoms. The Morgan fingerprint density at radius 1 is 1.43 bits per heavy atom. The lowest BCUT2D eigenvalue weighted by atomic mass is 10.1. The summed E-state index contributed by atoms with van der Waals surface area (Å²) in [6.07, 6.45) is 4.82. The largest absolute Gasteiger partial charge is 0.497 e. The molecule has 0 saturated carbocycles. The first-order chi connectivity index (χ1) is 10.3. The predicted molar refractivity (Wildman–Crippen MR) is 82.6 cm³/mol. The summed E-state index contributed by atoms with van der Waals surface area (Å²) in [5, 5.41) is 0. The van der Waals surface area contributed by atoms with E-state index in [1.54, 1.807) is 7.11 Å². The highest BCUT2D eigenvalue weighted by atomic mass is 16.5. The van der Waals surface area contributed by atoms with Crippen molar-refractivity contribution in [1.82, 2.24) is 0 Å². The lowest BCUT2D eigenvalue weighted by Crippen LogP contribution is -2.08. The first-order valence-electron chi connectivity index (χ1n) is 7.45. The molecular formula is C17H23NO3. The maximum Gasteiger partial charge on any atom is 0.135 e. The van der Waals surface area contributed by atoms with E-state index in [2.05, 4.69) is 11.8 Å². The van der Waals surface area contributed by atoms with Crippen LogP contribution in [0, 0.1) is 11.8 Å². The SMILES string of the molecule is COc1ccc(OCCCC2CCCO2)c(C#CCN)c1. The van der Waals surface area contributed by atoms with Crippen LogP contribution in [0.5, 0.6) is 11.5 Å². The van der Waals surface area contributed by atoms with Crippen LogP contribution < -0.4 is 15.2 Å². The number of rotatable bonds is 6. The quantitative estimate of drug-likeness (QED) is 0.645. The van der Waals surface area contributed by atoms with Gasteiger partial charge in [-0.25, -0.2) is 0 Å². The highest BCUT2D eigenvalue weighted by Gasteiger charge is 2.14. The van der Waals surface area contributed by atoms with Crippen LogP contribution in [0.15, 0.2) is 18.2 Å². The van der Waals surface area contributed by atoms with Crippen molar-refractivity contribution in [3.63, 3.8) is 0 Å². The van der Waals surface area contributed by atoms with Crippen molar-refractivity contribution in [3.8, 4) is 23.3 Å². The Morgan fingerprint density at radius 2 is 2.33 bits per heavy atom. The number of benzene rings is 1. The monoisotopic (exact) mass is 289 g/mol. The number of hydrogen-bond donors (Lipinski definition) is 1. The third-order valence-corrected chi connectivity index (χ3v) is 3.46. The molecule has 1 aliphatic rings. The lowest BCUT2D eigenvalue weighted by Gasteiger charge is -2.12. The van der Waals surface area contributed by atoms with Crippen molar-refractivity contribution in [2.75, 3.05) is 26.9 Å². The topological polar surface area (TPSA) is 53.7 Å². The zero-order valence-electron chi connectivity index (χ0n) is 12.6. The Balaban J connectivity index is 1.88. The number of ether oxygens (including phenoxy) is 3. The van der Waals surface area contributed by atoms with E-state index in [1.165, 1.54) is 12.8 Å². The molecule has 1 heterocycles. The minimum Gasteiger partial charge on any atom is -0.497 e. The summed E-state index contributed by atoms with van der Waals surface area (Å²) in [4.78, 5) is 0. The molecule has 21 heavy (non-hydrogen) atoms. The van der Waals surface area contributed by atoms with Crippen molar-refractivity contribution >= 4 is 0 Å². The van der Waals surface area contributed by atoms with E-state index in [9.17, 15) is 0 Å². The summed E-state index contributed by atoms with van der Waals surface area (Å²) < 4.78 is 16.7.